The number of rotatable bonds is 6. The van der Waals surface area contributed by atoms with Crippen LogP contribution in [0.1, 0.15) is 82.0 Å². The van der Waals surface area contributed by atoms with Crippen molar-refractivity contribution in [2.75, 3.05) is 5.32 Å². The van der Waals surface area contributed by atoms with Crippen molar-refractivity contribution >= 4 is 17.8 Å². The molecule has 2 aromatic rings. The highest BCUT2D eigenvalue weighted by Crippen LogP contribution is 2.39. The lowest BCUT2D eigenvalue weighted by atomic mass is 10.0. The number of oxazole rings is 1. The van der Waals surface area contributed by atoms with Crippen LogP contribution in [0.2, 0.25) is 0 Å². The van der Waals surface area contributed by atoms with Gasteiger partial charge in [-0.2, -0.15) is 5.10 Å². The largest absolute Gasteiger partial charge is 0.448 e. The second kappa shape index (κ2) is 8.12. The summed E-state index contributed by atoms with van der Waals surface area (Å²) in [5.74, 6) is 1.67. The number of nitrogens with zero attached hydrogens (tertiary/aromatic N) is 2. The van der Waals surface area contributed by atoms with E-state index in [0.29, 0.717) is 17.4 Å². The van der Waals surface area contributed by atoms with Crippen LogP contribution in [0.5, 0.6) is 0 Å². The van der Waals surface area contributed by atoms with Crippen LogP contribution in [0.3, 0.4) is 0 Å². The van der Waals surface area contributed by atoms with E-state index in [-0.39, 0.29) is 36.0 Å². The number of aromatic amines is 1. The average Bonchev–Trinajstić information content (AvgIpc) is 3.02. The zero-order chi connectivity index (χ0) is 21.3. The third kappa shape index (κ3) is 5.40. The van der Waals surface area contributed by atoms with Gasteiger partial charge >= 0.3 is 6.09 Å². The Morgan fingerprint density at radius 2 is 2.00 bits per heavy atom. The molecule has 4 rings (SSSR count). The Labute approximate surface area is 175 Å². The Morgan fingerprint density at radius 1 is 1.23 bits per heavy atom. The van der Waals surface area contributed by atoms with E-state index < -0.39 is 0 Å². The molecule has 9 nitrogen and oxygen atoms in total. The number of anilines is 1. The Kier molecular flexibility index (Phi) is 5.53. The number of carbonyl (C=O) groups is 2. The minimum absolute atomic E-state index is 0.119. The number of H-pyrrole nitrogens is 1. The fraction of sp³-hybridized carbons (Fsp3) is 0.619. The highest BCUT2D eigenvalue weighted by Gasteiger charge is 2.31. The monoisotopic (exact) mass is 415 g/mol. The first kappa shape index (κ1) is 20.4. The van der Waals surface area contributed by atoms with Crippen molar-refractivity contribution in [3.8, 4) is 0 Å². The molecule has 2 heterocycles. The highest BCUT2D eigenvalue weighted by atomic mass is 16.6. The van der Waals surface area contributed by atoms with Gasteiger partial charge in [-0.25, -0.2) is 9.78 Å². The summed E-state index contributed by atoms with van der Waals surface area (Å²) < 4.78 is 11.0. The van der Waals surface area contributed by atoms with Crippen molar-refractivity contribution in [3.05, 3.63) is 29.6 Å². The number of carbonyl (C=O) groups excluding carboxylic acids is 2. The van der Waals surface area contributed by atoms with Crippen molar-refractivity contribution in [2.24, 2.45) is 0 Å². The maximum Gasteiger partial charge on any atom is 0.407 e. The van der Waals surface area contributed by atoms with Gasteiger partial charge in [0.2, 0.25) is 5.91 Å². The van der Waals surface area contributed by atoms with Gasteiger partial charge in [-0.1, -0.05) is 0 Å². The minimum Gasteiger partial charge on any atom is -0.448 e. The molecule has 0 spiro atoms. The fourth-order valence-electron chi connectivity index (χ4n) is 3.70. The molecule has 162 valence electrons. The molecule has 2 unspecified atom stereocenters. The standard InChI is InChI=1S/C21H29N5O4/c1-21(2,3)24-20(28)30-15-7-6-13(8-15)16-10-17(26-25-16)23-18(27)9-14-11-29-19(22-14)12-4-5-12/h10-13,15H,4-9H2,1-3H3,(H,24,28)(H2,23,25,26,27). The van der Waals surface area contributed by atoms with Crippen LogP contribution < -0.4 is 10.6 Å². The molecule has 2 fully saturated rings. The summed E-state index contributed by atoms with van der Waals surface area (Å²) in [6.07, 6.45) is 5.85. The Morgan fingerprint density at radius 3 is 2.73 bits per heavy atom. The number of hydrogen-bond acceptors (Lipinski definition) is 6. The molecule has 2 amide bonds. The average molecular weight is 415 g/mol. The van der Waals surface area contributed by atoms with Gasteiger partial charge in [-0.05, 0) is 52.9 Å². The number of nitrogens with one attached hydrogen (secondary N) is 3. The minimum atomic E-state index is -0.386. The molecule has 0 aliphatic heterocycles. The summed E-state index contributed by atoms with van der Waals surface area (Å²) in [6, 6.07) is 1.85. The second-order valence-electron chi connectivity index (χ2n) is 9.30. The van der Waals surface area contributed by atoms with Crippen LogP contribution in [0.15, 0.2) is 16.7 Å². The lowest BCUT2D eigenvalue weighted by Crippen LogP contribution is -2.42. The zero-order valence-electron chi connectivity index (χ0n) is 17.7. The molecule has 0 bridgehead atoms. The van der Waals surface area contributed by atoms with Gasteiger partial charge in [0.05, 0.1) is 12.1 Å². The van der Waals surface area contributed by atoms with Crippen molar-refractivity contribution in [3.63, 3.8) is 0 Å². The van der Waals surface area contributed by atoms with Crippen molar-refractivity contribution in [1.29, 1.82) is 0 Å². The lowest BCUT2D eigenvalue weighted by molar-refractivity contribution is -0.115. The first-order chi connectivity index (χ1) is 14.2. The van der Waals surface area contributed by atoms with E-state index in [4.69, 9.17) is 9.15 Å². The second-order valence-corrected chi connectivity index (χ2v) is 9.30. The van der Waals surface area contributed by atoms with Crippen LogP contribution in [-0.2, 0) is 16.0 Å². The summed E-state index contributed by atoms with van der Waals surface area (Å²) in [5, 5.41) is 12.8. The molecular formula is C21H29N5O4. The molecule has 2 atom stereocenters. The summed E-state index contributed by atoms with van der Waals surface area (Å²) in [6.45, 7) is 5.75. The predicted molar refractivity (Wildman–Crippen MR) is 109 cm³/mol. The van der Waals surface area contributed by atoms with E-state index in [1.54, 1.807) is 6.26 Å². The molecule has 0 aromatic carbocycles. The number of ether oxygens (including phenoxy) is 1. The molecule has 2 saturated carbocycles. The molecule has 0 saturated heterocycles. The van der Waals surface area contributed by atoms with Crippen LogP contribution in [0.25, 0.3) is 0 Å². The summed E-state index contributed by atoms with van der Waals surface area (Å²) in [4.78, 5) is 28.6. The summed E-state index contributed by atoms with van der Waals surface area (Å²) >= 11 is 0. The normalized spacial score (nSPS) is 21.4. The molecule has 3 N–H and O–H groups in total. The van der Waals surface area contributed by atoms with E-state index in [1.165, 1.54) is 0 Å². The number of alkyl carbamates (subject to hydrolysis) is 1. The van der Waals surface area contributed by atoms with E-state index >= 15 is 0 Å². The quantitative estimate of drug-likeness (QED) is 0.662. The zero-order valence-corrected chi connectivity index (χ0v) is 17.7. The topological polar surface area (TPSA) is 122 Å². The van der Waals surface area contributed by atoms with Crippen LogP contribution >= 0.6 is 0 Å². The van der Waals surface area contributed by atoms with Gasteiger partial charge in [-0.3, -0.25) is 9.89 Å². The molecule has 2 aliphatic carbocycles. The van der Waals surface area contributed by atoms with Gasteiger partial charge in [0, 0.05) is 29.1 Å². The van der Waals surface area contributed by atoms with Crippen LogP contribution in [0, 0.1) is 0 Å². The lowest BCUT2D eigenvalue weighted by Gasteiger charge is -2.22. The van der Waals surface area contributed by atoms with Crippen LogP contribution in [-0.4, -0.2) is 38.8 Å². The molecule has 2 aromatic heterocycles. The van der Waals surface area contributed by atoms with Gasteiger partial charge in [0.15, 0.2) is 11.7 Å². The third-order valence-corrected chi connectivity index (χ3v) is 5.28. The maximum atomic E-state index is 12.3. The molecule has 9 heteroatoms. The predicted octanol–water partition coefficient (Wildman–Crippen LogP) is 3.62. The van der Waals surface area contributed by atoms with E-state index in [9.17, 15) is 9.59 Å². The number of hydrogen-bond donors (Lipinski definition) is 3. The van der Waals surface area contributed by atoms with Gasteiger partial charge in [0.1, 0.15) is 12.4 Å². The molecule has 0 radical (unpaired) electrons. The Balaban J connectivity index is 1.25. The third-order valence-electron chi connectivity index (χ3n) is 5.28. The maximum absolute atomic E-state index is 12.3. The van der Waals surface area contributed by atoms with Gasteiger partial charge < -0.3 is 19.8 Å². The van der Waals surface area contributed by atoms with Crippen molar-refractivity contribution in [2.45, 2.75) is 82.8 Å². The summed E-state index contributed by atoms with van der Waals surface area (Å²) in [5.41, 5.74) is 1.25. The van der Waals surface area contributed by atoms with Crippen molar-refractivity contribution in [1.82, 2.24) is 20.5 Å². The first-order valence-corrected chi connectivity index (χ1v) is 10.5. The van der Waals surface area contributed by atoms with E-state index in [2.05, 4.69) is 25.8 Å². The molecule has 2 aliphatic rings. The highest BCUT2D eigenvalue weighted by molar-refractivity contribution is 5.91. The van der Waals surface area contributed by atoms with E-state index in [1.807, 2.05) is 26.8 Å². The number of amides is 2. The first-order valence-electron chi connectivity index (χ1n) is 10.5. The Bertz CT molecular complexity index is 909. The van der Waals surface area contributed by atoms with Gasteiger partial charge in [-0.15, -0.1) is 0 Å². The fourth-order valence-corrected chi connectivity index (χ4v) is 3.70. The van der Waals surface area contributed by atoms with E-state index in [0.717, 1.165) is 43.7 Å². The smallest absolute Gasteiger partial charge is 0.407 e. The van der Waals surface area contributed by atoms with Crippen molar-refractivity contribution < 1.29 is 18.7 Å². The number of aromatic nitrogens is 3. The molecular weight excluding hydrogens is 386 g/mol. The Hall–Kier alpha value is -2.84. The SMILES string of the molecule is CC(C)(C)NC(=O)OC1CCC(c2cc(NC(=O)Cc3coc(C4CC4)n3)n[nH]2)C1. The summed E-state index contributed by atoms with van der Waals surface area (Å²) in [7, 11) is 0. The molecule has 30 heavy (non-hydrogen) atoms. The van der Waals surface area contributed by atoms with Crippen LogP contribution in [0.4, 0.5) is 10.6 Å². The van der Waals surface area contributed by atoms with Gasteiger partial charge in [0.25, 0.3) is 0 Å².